The number of furan rings is 1. The van der Waals surface area contributed by atoms with Gasteiger partial charge in [0.05, 0.1) is 17.4 Å². The molecule has 5 nitrogen and oxygen atoms in total. The minimum absolute atomic E-state index is 0.0898. The summed E-state index contributed by atoms with van der Waals surface area (Å²) in [5.74, 6) is 0.225. The molecule has 1 aliphatic rings. The molecule has 0 aliphatic heterocycles. The quantitative estimate of drug-likeness (QED) is 0.838. The summed E-state index contributed by atoms with van der Waals surface area (Å²) in [4.78, 5) is 26.3. The second-order valence-electron chi connectivity index (χ2n) is 6.64. The molecule has 1 saturated carbocycles. The fraction of sp³-hybridized carbons (Fsp3) is 0.474. The van der Waals surface area contributed by atoms with Crippen molar-refractivity contribution in [3.63, 3.8) is 0 Å². The average Bonchev–Trinajstić information content (AvgIpc) is 3.12. The van der Waals surface area contributed by atoms with Gasteiger partial charge in [0.25, 0.3) is 11.8 Å². The van der Waals surface area contributed by atoms with Crippen LogP contribution >= 0.6 is 11.3 Å². The molecule has 25 heavy (non-hydrogen) atoms. The van der Waals surface area contributed by atoms with Gasteiger partial charge in [0.2, 0.25) is 0 Å². The number of nitrogens with one attached hydrogen (secondary N) is 2. The van der Waals surface area contributed by atoms with Crippen molar-refractivity contribution in [3.05, 3.63) is 39.7 Å². The van der Waals surface area contributed by atoms with E-state index in [1.807, 2.05) is 13.8 Å². The predicted molar refractivity (Wildman–Crippen MR) is 99.5 cm³/mol. The summed E-state index contributed by atoms with van der Waals surface area (Å²) < 4.78 is 5.19. The maximum atomic E-state index is 12.8. The molecule has 2 heterocycles. The van der Waals surface area contributed by atoms with Crippen LogP contribution in [0.1, 0.15) is 69.0 Å². The van der Waals surface area contributed by atoms with E-state index in [0.29, 0.717) is 21.9 Å². The summed E-state index contributed by atoms with van der Waals surface area (Å²) in [5.41, 5.74) is 2.00. The Hall–Kier alpha value is -2.08. The minimum atomic E-state index is -0.251. The zero-order valence-electron chi connectivity index (χ0n) is 14.9. The largest absolute Gasteiger partial charge is 0.469 e. The van der Waals surface area contributed by atoms with Crippen LogP contribution in [0, 0.1) is 20.8 Å². The summed E-state index contributed by atoms with van der Waals surface area (Å²) in [6, 6.07) is 1.88. The Bertz CT molecular complexity index is 785. The fourth-order valence-corrected chi connectivity index (χ4v) is 4.34. The topological polar surface area (TPSA) is 71.3 Å². The molecule has 0 bridgehead atoms. The van der Waals surface area contributed by atoms with Gasteiger partial charge >= 0.3 is 0 Å². The molecule has 0 unspecified atom stereocenters. The second-order valence-corrected chi connectivity index (χ2v) is 7.87. The molecule has 2 aromatic rings. The molecular formula is C19H24N2O3S. The molecule has 134 valence electrons. The van der Waals surface area contributed by atoms with E-state index in [-0.39, 0.29) is 17.9 Å². The van der Waals surface area contributed by atoms with Gasteiger partial charge in [-0.05, 0) is 45.2 Å². The number of thiophene rings is 1. The van der Waals surface area contributed by atoms with Crippen molar-refractivity contribution in [2.75, 3.05) is 5.32 Å². The highest BCUT2D eigenvalue weighted by atomic mass is 32.1. The van der Waals surface area contributed by atoms with E-state index >= 15 is 0 Å². The van der Waals surface area contributed by atoms with Gasteiger partial charge in [0, 0.05) is 10.9 Å². The summed E-state index contributed by atoms with van der Waals surface area (Å²) in [7, 11) is 0. The summed E-state index contributed by atoms with van der Waals surface area (Å²) in [6.07, 6.45) is 7.12. The second kappa shape index (κ2) is 7.44. The van der Waals surface area contributed by atoms with Gasteiger partial charge in [0.1, 0.15) is 10.8 Å². The first-order valence-electron chi connectivity index (χ1n) is 8.73. The van der Waals surface area contributed by atoms with Gasteiger partial charge in [-0.15, -0.1) is 11.3 Å². The number of rotatable bonds is 4. The molecule has 0 saturated heterocycles. The lowest BCUT2D eigenvalue weighted by molar-refractivity contribution is 0.0928. The van der Waals surface area contributed by atoms with Crippen LogP contribution in [-0.4, -0.2) is 17.9 Å². The van der Waals surface area contributed by atoms with Gasteiger partial charge in [0.15, 0.2) is 0 Å². The normalized spacial score (nSPS) is 15.2. The van der Waals surface area contributed by atoms with Crippen molar-refractivity contribution in [3.8, 4) is 0 Å². The third-order valence-corrected chi connectivity index (χ3v) is 6.01. The standard InChI is InChI=1S/C19H24N2O3S/c1-11-13(3)25-19(21-17(22)15-9-10-24-12(15)2)16(11)18(23)20-14-7-5-4-6-8-14/h9-10,14H,4-8H2,1-3H3,(H,20,23)(H,21,22). The Balaban J connectivity index is 1.80. The number of hydrogen-bond donors (Lipinski definition) is 2. The van der Waals surface area contributed by atoms with E-state index in [4.69, 9.17) is 4.42 Å². The number of amides is 2. The first-order chi connectivity index (χ1) is 12.0. The molecule has 0 spiro atoms. The number of carbonyl (C=O) groups excluding carboxylic acids is 2. The Labute approximate surface area is 151 Å². The molecule has 0 atom stereocenters. The van der Waals surface area contributed by atoms with E-state index in [1.54, 1.807) is 13.0 Å². The molecule has 0 radical (unpaired) electrons. The highest BCUT2D eigenvalue weighted by molar-refractivity contribution is 7.16. The van der Waals surface area contributed by atoms with Crippen LogP contribution in [0.25, 0.3) is 0 Å². The van der Waals surface area contributed by atoms with E-state index in [1.165, 1.54) is 24.0 Å². The van der Waals surface area contributed by atoms with Crippen LogP contribution in [-0.2, 0) is 0 Å². The smallest absolute Gasteiger partial charge is 0.259 e. The third-order valence-electron chi connectivity index (χ3n) is 4.88. The monoisotopic (exact) mass is 360 g/mol. The third kappa shape index (κ3) is 3.79. The van der Waals surface area contributed by atoms with Gasteiger partial charge < -0.3 is 15.1 Å². The molecule has 2 N–H and O–H groups in total. The number of hydrogen-bond acceptors (Lipinski definition) is 4. The summed E-state index contributed by atoms with van der Waals surface area (Å²) >= 11 is 1.44. The number of aryl methyl sites for hydroxylation is 2. The molecule has 2 aromatic heterocycles. The highest BCUT2D eigenvalue weighted by Crippen LogP contribution is 2.33. The van der Waals surface area contributed by atoms with Crippen LogP contribution < -0.4 is 10.6 Å². The molecule has 3 rings (SSSR count). The van der Waals surface area contributed by atoms with Crippen molar-refractivity contribution in [2.45, 2.75) is 58.9 Å². The summed E-state index contributed by atoms with van der Waals surface area (Å²) in [5, 5.41) is 6.64. The van der Waals surface area contributed by atoms with Crippen LogP contribution in [0.15, 0.2) is 16.7 Å². The predicted octanol–water partition coefficient (Wildman–Crippen LogP) is 4.58. The molecule has 6 heteroatoms. The van der Waals surface area contributed by atoms with Crippen molar-refractivity contribution in [1.29, 1.82) is 0 Å². The lowest BCUT2D eigenvalue weighted by atomic mass is 9.95. The van der Waals surface area contributed by atoms with Crippen LogP contribution in [0.3, 0.4) is 0 Å². The number of anilines is 1. The van der Waals surface area contributed by atoms with E-state index in [9.17, 15) is 9.59 Å². The van der Waals surface area contributed by atoms with Crippen molar-refractivity contribution in [1.82, 2.24) is 5.32 Å². The van der Waals surface area contributed by atoms with Gasteiger partial charge in [-0.25, -0.2) is 0 Å². The van der Waals surface area contributed by atoms with Crippen LogP contribution in [0.2, 0.25) is 0 Å². The fourth-order valence-electron chi connectivity index (χ4n) is 3.28. The maximum absolute atomic E-state index is 12.8. The summed E-state index contributed by atoms with van der Waals surface area (Å²) in [6.45, 7) is 5.65. The zero-order valence-corrected chi connectivity index (χ0v) is 15.7. The molecule has 2 amide bonds. The lowest BCUT2D eigenvalue weighted by Gasteiger charge is -2.23. The Morgan fingerprint density at radius 3 is 2.48 bits per heavy atom. The molecule has 1 fully saturated rings. The molecule has 0 aromatic carbocycles. The zero-order chi connectivity index (χ0) is 18.0. The van der Waals surface area contributed by atoms with Crippen LogP contribution in [0.5, 0.6) is 0 Å². The van der Waals surface area contributed by atoms with Crippen molar-refractivity contribution >= 4 is 28.2 Å². The highest BCUT2D eigenvalue weighted by Gasteiger charge is 2.24. The van der Waals surface area contributed by atoms with Gasteiger partial charge in [-0.1, -0.05) is 19.3 Å². The maximum Gasteiger partial charge on any atom is 0.259 e. The van der Waals surface area contributed by atoms with E-state index < -0.39 is 0 Å². The first-order valence-corrected chi connectivity index (χ1v) is 9.55. The minimum Gasteiger partial charge on any atom is -0.469 e. The van der Waals surface area contributed by atoms with E-state index in [2.05, 4.69) is 10.6 Å². The molecular weight excluding hydrogens is 336 g/mol. The lowest BCUT2D eigenvalue weighted by Crippen LogP contribution is -2.36. The van der Waals surface area contributed by atoms with Gasteiger partial charge in [-0.2, -0.15) is 0 Å². The Morgan fingerprint density at radius 1 is 1.12 bits per heavy atom. The Morgan fingerprint density at radius 2 is 1.84 bits per heavy atom. The Kier molecular flexibility index (Phi) is 5.27. The number of carbonyl (C=O) groups is 2. The SMILES string of the molecule is Cc1occc1C(=O)Nc1sc(C)c(C)c1C(=O)NC1CCCCC1. The van der Waals surface area contributed by atoms with Crippen molar-refractivity contribution in [2.24, 2.45) is 0 Å². The van der Waals surface area contributed by atoms with Gasteiger partial charge in [-0.3, -0.25) is 9.59 Å². The first kappa shape index (κ1) is 17.7. The van der Waals surface area contributed by atoms with Crippen LogP contribution in [0.4, 0.5) is 5.00 Å². The van der Waals surface area contributed by atoms with E-state index in [0.717, 1.165) is 36.1 Å². The van der Waals surface area contributed by atoms with Crippen molar-refractivity contribution < 1.29 is 14.0 Å². The average molecular weight is 360 g/mol. The molecule has 1 aliphatic carbocycles.